The smallest absolute Gasteiger partial charge is 0.389 e. The van der Waals surface area contributed by atoms with Gasteiger partial charge in [0, 0.05) is 24.3 Å². The molecule has 1 heterocycles. The van der Waals surface area contributed by atoms with Crippen molar-refractivity contribution < 1.29 is 17.9 Å². The fourth-order valence-electron chi connectivity index (χ4n) is 2.57. The minimum Gasteiger partial charge on any atom is -0.389 e. The van der Waals surface area contributed by atoms with E-state index >= 15 is 0 Å². The lowest BCUT2D eigenvalue weighted by Gasteiger charge is -2.37. The fraction of sp³-hybridized carbons (Fsp3) is 0.500. The van der Waals surface area contributed by atoms with Crippen LogP contribution >= 0.6 is 12.2 Å². The predicted octanol–water partition coefficient (Wildman–Crippen LogP) is 2.95. The number of thiocarbonyl (C=S) groups is 1. The van der Waals surface area contributed by atoms with Gasteiger partial charge in [0.2, 0.25) is 0 Å². The Balaban J connectivity index is 2.38. The van der Waals surface area contributed by atoms with Crippen molar-refractivity contribution in [3.63, 3.8) is 0 Å². The van der Waals surface area contributed by atoms with Crippen LogP contribution in [0.15, 0.2) is 18.2 Å². The quantitative estimate of drug-likeness (QED) is 0.851. The molecule has 0 aliphatic carbocycles. The molecule has 0 bridgehead atoms. The van der Waals surface area contributed by atoms with Gasteiger partial charge in [0.15, 0.2) is 0 Å². The predicted molar refractivity (Wildman–Crippen MR) is 79.6 cm³/mol. The second-order valence-corrected chi connectivity index (χ2v) is 5.69. The summed E-state index contributed by atoms with van der Waals surface area (Å²) in [6, 6.07) is 3.90. The van der Waals surface area contributed by atoms with Crippen LogP contribution in [0.3, 0.4) is 0 Å². The summed E-state index contributed by atoms with van der Waals surface area (Å²) in [6.45, 7) is 5.10. The van der Waals surface area contributed by atoms with E-state index in [1.807, 2.05) is 18.7 Å². The first-order chi connectivity index (χ1) is 9.68. The van der Waals surface area contributed by atoms with Crippen molar-refractivity contribution in [1.29, 1.82) is 0 Å². The molecule has 0 radical (unpaired) electrons. The minimum atomic E-state index is -4.47. The number of rotatable bonds is 2. The van der Waals surface area contributed by atoms with Gasteiger partial charge in [-0.15, -0.1) is 0 Å². The zero-order valence-corrected chi connectivity index (χ0v) is 12.6. The number of halogens is 3. The molecule has 0 saturated carbocycles. The maximum atomic E-state index is 13.0. The van der Waals surface area contributed by atoms with E-state index in [0.717, 1.165) is 6.07 Å². The molecule has 0 amide bonds. The van der Waals surface area contributed by atoms with Crippen LogP contribution in [0.1, 0.15) is 25.0 Å². The maximum Gasteiger partial charge on any atom is 0.417 e. The summed E-state index contributed by atoms with van der Waals surface area (Å²) >= 11 is 4.76. The molecule has 1 aliphatic heterocycles. The highest BCUT2D eigenvalue weighted by atomic mass is 32.1. The van der Waals surface area contributed by atoms with Crippen molar-refractivity contribution in [3.05, 3.63) is 29.3 Å². The molecule has 1 aromatic carbocycles. The molecule has 0 spiro atoms. The summed E-state index contributed by atoms with van der Waals surface area (Å²) in [6.07, 6.45) is -4.43. The van der Waals surface area contributed by atoms with Gasteiger partial charge in [-0.3, -0.25) is 0 Å². The normalized spacial score (nSPS) is 23.2. The van der Waals surface area contributed by atoms with Crippen molar-refractivity contribution in [2.24, 2.45) is 5.73 Å². The highest BCUT2D eigenvalue weighted by Gasteiger charge is 2.34. The second kappa shape index (κ2) is 5.81. The molecule has 0 unspecified atom stereocenters. The number of hydrogen-bond acceptors (Lipinski definition) is 3. The van der Waals surface area contributed by atoms with Crippen LogP contribution in [-0.4, -0.2) is 30.3 Å². The van der Waals surface area contributed by atoms with Gasteiger partial charge < -0.3 is 15.4 Å². The summed E-state index contributed by atoms with van der Waals surface area (Å²) in [4.78, 5) is 1.74. The first-order valence-electron chi connectivity index (χ1n) is 6.60. The Kier molecular flexibility index (Phi) is 4.43. The molecule has 0 aromatic heterocycles. The van der Waals surface area contributed by atoms with Crippen LogP contribution in [0.2, 0.25) is 0 Å². The highest BCUT2D eigenvalue weighted by molar-refractivity contribution is 7.80. The van der Waals surface area contributed by atoms with Gasteiger partial charge >= 0.3 is 6.18 Å². The summed E-state index contributed by atoms with van der Waals surface area (Å²) in [5.74, 6) is 0. The molecule has 2 N–H and O–H groups in total. The third kappa shape index (κ3) is 3.65. The van der Waals surface area contributed by atoms with Crippen molar-refractivity contribution >= 4 is 22.9 Å². The van der Waals surface area contributed by atoms with Crippen LogP contribution in [0.25, 0.3) is 0 Å². The molecule has 2 atom stereocenters. The zero-order valence-electron chi connectivity index (χ0n) is 11.8. The van der Waals surface area contributed by atoms with E-state index in [1.54, 1.807) is 0 Å². The van der Waals surface area contributed by atoms with Gasteiger partial charge in [0.25, 0.3) is 0 Å². The number of nitrogens with two attached hydrogens (primary N) is 1. The van der Waals surface area contributed by atoms with Crippen LogP contribution in [0.5, 0.6) is 0 Å². The van der Waals surface area contributed by atoms with Gasteiger partial charge in [-0.1, -0.05) is 12.2 Å². The maximum absolute atomic E-state index is 13.0. The lowest BCUT2D eigenvalue weighted by Crippen LogP contribution is -2.45. The van der Waals surface area contributed by atoms with Crippen molar-refractivity contribution in [2.45, 2.75) is 32.2 Å². The molecule has 1 fully saturated rings. The van der Waals surface area contributed by atoms with E-state index in [0.29, 0.717) is 18.8 Å². The number of hydrogen-bond donors (Lipinski definition) is 1. The molecular formula is C14H17F3N2OS. The summed E-state index contributed by atoms with van der Waals surface area (Å²) < 4.78 is 44.5. The van der Waals surface area contributed by atoms with E-state index < -0.39 is 11.7 Å². The van der Waals surface area contributed by atoms with Crippen LogP contribution < -0.4 is 10.6 Å². The number of morpholine rings is 1. The minimum absolute atomic E-state index is 0.0179. The van der Waals surface area contributed by atoms with E-state index in [1.165, 1.54) is 12.1 Å². The molecule has 1 aliphatic rings. The average molecular weight is 318 g/mol. The Morgan fingerprint density at radius 3 is 2.33 bits per heavy atom. The Morgan fingerprint density at radius 1 is 1.29 bits per heavy atom. The summed E-state index contributed by atoms with van der Waals surface area (Å²) in [5.41, 5.74) is 5.19. The zero-order chi connectivity index (χ0) is 15.8. The first kappa shape index (κ1) is 16.0. The highest BCUT2D eigenvalue weighted by Crippen LogP contribution is 2.34. The van der Waals surface area contributed by atoms with E-state index in [4.69, 9.17) is 22.7 Å². The average Bonchev–Trinajstić information content (AvgIpc) is 2.35. The third-order valence-electron chi connectivity index (χ3n) is 3.36. The Hall–Kier alpha value is -1.34. The molecule has 1 aromatic rings. The van der Waals surface area contributed by atoms with E-state index in [9.17, 15) is 13.2 Å². The topological polar surface area (TPSA) is 38.5 Å². The Bertz CT molecular complexity index is 538. The van der Waals surface area contributed by atoms with E-state index in [2.05, 4.69) is 0 Å². The number of anilines is 1. The van der Waals surface area contributed by atoms with Gasteiger partial charge in [-0.05, 0) is 32.0 Å². The molecule has 21 heavy (non-hydrogen) atoms. The molecule has 2 rings (SSSR count). The molecule has 1 saturated heterocycles. The largest absolute Gasteiger partial charge is 0.417 e. The van der Waals surface area contributed by atoms with Gasteiger partial charge in [-0.25, -0.2) is 0 Å². The number of ether oxygens (including phenoxy) is 1. The SMILES string of the molecule is C[C@@H]1CN(c2ccc(C(F)(F)F)c(C(N)=S)c2)C[C@H](C)O1. The number of alkyl halides is 3. The second-order valence-electron chi connectivity index (χ2n) is 5.25. The van der Waals surface area contributed by atoms with Crippen molar-refractivity contribution in [2.75, 3.05) is 18.0 Å². The Morgan fingerprint density at radius 2 is 1.86 bits per heavy atom. The summed E-state index contributed by atoms with van der Waals surface area (Å²) in [7, 11) is 0. The van der Waals surface area contributed by atoms with Crippen LogP contribution in [0, 0.1) is 0 Å². The van der Waals surface area contributed by atoms with Gasteiger partial charge in [-0.2, -0.15) is 13.2 Å². The molecular weight excluding hydrogens is 301 g/mol. The lowest BCUT2D eigenvalue weighted by molar-refractivity contribution is -0.137. The Labute approximate surface area is 126 Å². The monoisotopic (exact) mass is 318 g/mol. The number of nitrogens with zero attached hydrogens (tertiary/aromatic N) is 1. The van der Waals surface area contributed by atoms with Gasteiger partial charge in [0.05, 0.1) is 17.8 Å². The third-order valence-corrected chi connectivity index (χ3v) is 3.58. The standard InChI is InChI=1S/C14H17F3N2OS/c1-8-6-19(7-9(2)20-8)10-3-4-12(14(15,16)17)11(5-10)13(18)21/h3-5,8-9H,6-7H2,1-2H3,(H2,18,21)/t8-,9+. The molecule has 7 heteroatoms. The van der Waals surface area contributed by atoms with Crippen LogP contribution in [-0.2, 0) is 10.9 Å². The molecule has 116 valence electrons. The number of benzene rings is 1. The van der Waals surface area contributed by atoms with E-state index in [-0.39, 0.29) is 22.8 Å². The van der Waals surface area contributed by atoms with Gasteiger partial charge in [0.1, 0.15) is 4.99 Å². The van der Waals surface area contributed by atoms with Crippen molar-refractivity contribution in [1.82, 2.24) is 0 Å². The molecule has 3 nitrogen and oxygen atoms in total. The van der Waals surface area contributed by atoms with Crippen molar-refractivity contribution in [3.8, 4) is 0 Å². The van der Waals surface area contributed by atoms with Crippen LogP contribution in [0.4, 0.5) is 18.9 Å². The first-order valence-corrected chi connectivity index (χ1v) is 7.00. The summed E-state index contributed by atoms with van der Waals surface area (Å²) in [5, 5.41) is 0. The lowest BCUT2D eigenvalue weighted by atomic mass is 10.0. The fourth-order valence-corrected chi connectivity index (χ4v) is 2.74.